The average Bonchev–Trinajstić information content (AvgIpc) is 3.27. The molecule has 0 spiro atoms. The Labute approximate surface area is 132 Å². The number of amides is 2. The van der Waals surface area contributed by atoms with E-state index in [1.54, 1.807) is 23.1 Å². The molecule has 2 amide bonds. The number of hydrogen-bond donors (Lipinski definition) is 3. The van der Waals surface area contributed by atoms with Crippen LogP contribution in [0.1, 0.15) is 19.3 Å². The van der Waals surface area contributed by atoms with Crippen molar-refractivity contribution < 1.29 is 10.0 Å². The molecule has 1 fully saturated rings. The van der Waals surface area contributed by atoms with Crippen molar-refractivity contribution in [3.8, 4) is 0 Å². The van der Waals surface area contributed by atoms with Crippen LogP contribution in [0.15, 0.2) is 23.4 Å². The Hall–Kier alpha value is -1.66. The van der Waals surface area contributed by atoms with Gasteiger partial charge in [0.25, 0.3) is 0 Å². The van der Waals surface area contributed by atoms with Crippen LogP contribution in [0.3, 0.4) is 0 Å². The molecule has 0 radical (unpaired) electrons. The number of urea groups is 1. The van der Waals surface area contributed by atoms with Crippen LogP contribution in [0.5, 0.6) is 0 Å². The van der Waals surface area contributed by atoms with Crippen molar-refractivity contribution in [2.24, 2.45) is 10.9 Å². The number of nitrogens with two attached hydrogens (primary N) is 1. The number of carbonyl (C=O) groups is 1. The molecule has 2 rings (SSSR count). The third kappa shape index (κ3) is 4.41. The van der Waals surface area contributed by atoms with Crippen molar-refractivity contribution in [3.63, 3.8) is 0 Å². The highest BCUT2D eigenvalue weighted by molar-refractivity contribution is 6.42. The van der Waals surface area contributed by atoms with E-state index in [1.807, 2.05) is 0 Å². The zero-order valence-corrected chi connectivity index (χ0v) is 12.7. The summed E-state index contributed by atoms with van der Waals surface area (Å²) in [5.41, 5.74) is 6.01. The molecule has 0 atom stereocenters. The number of oxime groups is 1. The van der Waals surface area contributed by atoms with E-state index in [-0.39, 0.29) is 17.9 Å². The van der Waals surface area contributed by atoms with Crippen LogP contribution in [0.25, 0.3) is 0 Å². The summed E-state index contributed by atoms with van der Waals surface area (Å²) >= 11 is 11.8. The van der Waals surface area contributed by atoms with E-state index in [0.717, 1.165) is 12.8 Å². The van der Waals surface area contributed by atoms with Crippen molar-refractivity contribution in [1.82, 2.24) is 4.90 Å². The second kappa shape index (κ2) is 6.87. The Bertz CT molecular complexity index is 561. The van der Waals surface area contributed by atoms with Gasteiger partial charge in [0.05, 0.1) is 10.0 Å². The first-order chi connectivity index (χ1) is 10.0. The summed E-state index contributed by atoms with van der Waals surface area (Å²) in [6.07, 6.45) is 2.25. The molecule has 0 aliphatic heterocycles. The Morgan fingerprint density at radius 2 is 2.14 bits per heavy atom. The molecule has 8 heteroatoms. The Balaban J connectivity index is 1.99. The Morgan fingerprint density at radius 1 is 1.43 bits per heavy atom. The summed E-state index contributed by atoms with van der Waals surface area (Å²) in [5.74, 6) is 0.1000. The summed E-state index contributed by atoms with van der Waals surface area (Å²) < 4.78 is 0. The lowest BCUT2D eigenvalue weighted by Gasteiger charge is -2.22. The van der Waals surface area contributed by atoms with Gasteiger partial charge in [0.15, 0.2) is 0 Å². The molecule has 114 valence electrons. The predicted molar refractivity (Wildman–Crippen MR) is 83.2 cm³/mol. The van der Waals surface area contributed by atoms with Gasteiger partial charge in [0.2, 0.25) is 0 Å². The van der Waals surface area contributed by atoms with E-state index >= 15 is 0 Å². The molecule has 0 aromatic heterocycles. The highest BCUT2D eigenvalue weighted by Crippen LogP contribution is 2.29. The molecular formula is C13H16Cl2N4O2. The monoisotopic (exact) mass is 330 g/mol. The average molecular weight is 331 g/mol. The lowest BCUT2D eigenvalue weighted by atomic mass is 10.3. The fourth-order valence-corrected chi connectivity index (χ4v) is 2.19. The number of benzene rings is 1. The lowest BCUT2D eigenvalue weighted by Crippen LogP contribution is -2.38. The molecule has 1 saturated carbocycles. The van der Waals surface area contributed by atoms with Crippen LogP contribution < -0.4 is 11.1 Å². The SMILES string of the molecule is NC(CCN(C(=O)Nc1ccc(Cl)c(Cl)c1)C1CC1)=NO. The fraction of sp³-hybridized carbons (Fsp3) is 0.385. The summed E-state index contributed by atoms with van der Waals surface area (Å²) in [6, 6.07) is 4.87. The number of carbonyl (C=O) groups excluding carboxylic acids is 1. The summed E-state index contributed by atoms with van der Waals surface area (Å²) in [6.45, 7) is 0.397. The van der Waals surface area contributed by atoms with Gasteiger partial charge in [-0.3, -0.25) is 0 Å². The summed E-state index contributed by atoms with van der Waals surface area (Å²) in [5, 5.41) is 15.0. The molecule has 0 bridgehead atoms. The minimum atomic E-state index is -0.235. The van der Waals surface area contributed by atoms with E-state index in [0.29, 0.717) is 28.7 Å². The smallest absolute Gasteiger partial charge is 0.322 e. The molecular weight excluding hydrogens is 315 g/mol. The molecule has 0 heterocycles. The van der Waals surface area contributed by atoms with E-state index in [2.05, 4.69) is 10.5 Å². The third-order valence-corrected chi connectivity index (χ3v) is 3.90. The highest BCUT2D eigenvalue weighted by atomic mass is 35.5. The third-order valence-electron chi connectivity index (χ3n) is 3.16. The summed E-state index contributed by atoms with van der Waals surface area (Å²) in [4.78, 5) is 14.0. The molecule has 1 aromatic rings. The molecule has 0 unspecified atom stereocenters. The second-order valence-corrected chi connectivity index (χ2v) is 5.64. The molecule has 1 aromatic carbocycles. The maximum atomic E-state index is 12.3. The van der Waals surface area contributed by atoms with Crippen molar-refractivity contribution >= 4 is 40.8 Å². The predicted octanol–water partition coefficient (Wildman–Crippen LogP) is 3.13. The molecule has 21 heavy (non-hydrogen) atoms. The first kappa shape index (κ1) is 15.7. The quantitative estimate of drug-likeness (QED) is 0.335. The first-order valence-corrected chi connectivity index (χ1v) is 7.26. The number of halogens is 2. The van der Waals surface area contributed by atoms with E-state index in [4.69, 9.17) is 34.1 Å². The molecule has 1 aliphatic rings. The number of nitrogens with zero attached hydrogens (tertiary/aromatic N) is 2. The highest BCUT2D eigenvalue weighted by Gasteiger charge is 2.32. The summed E-state index contributed by atoms with van der Waals surface area (Å²) in [7, 11) is 0. The Kier molecular flexibility index (Phi) is 5.14. The van der Waals surface area contributed by atoms with Gasteiger partial charge in [0, 0.05) is 24.7 Å². The van der Waals surface area contributed by atoms with Gasteiger partial charge < -0.3 is 21.2 Å². The maximum Gasteiger partial charge on any atom is 0.322 e. The van der Waals surface area contributed by atoms with Crippen molar-refractivity contribution in [2.75, 3.05) is 11.9 Å². The van der Waals surface area contributed by atoms with Crippen LogP contribution in [-0.2, 0) is 0 Å². The Morgan fingerprint density at radius 3 is 2.71 bits per heavy atom. The van der Waals surface area contributed by atoms with Crippen LogP contribution in [0.4, 0.5) is 10.5 Å². The minimum Gasteiger partial charge on any atom is -0.409 e. The van der Waals surface area contributed by atoms with Crippen molar-refractivity contribution in [1.29, 1.82) is 0 Å². The van der Waals surface area contributed by atoms with E-state index < -0.39 is 0 Å². The normalized spacial score (nSPS) is 14.9. The minimum absolute atomic E-state index is 0.1000. The van der Waals surface area contributed by atoms with E-state index in [1.165, 1.54) is 0 Å². The van der Waals surface area contributed by atoms with Gasteiger partial charge in [-0.1, -0.05) is 28.4 Å². The van der Waals surface area contributed by atoms with Gasteiger partial charge >= 0.3 is 6.03 Å². The van der Waals surface area contributed by atoms with Crippen LogP contribution >= 0.6 is 23.2 Å². The van der Waals surface area contributed by atoms with Gasteiger partial charge in [-0.15, -0.1) is 0 Å². The van der Waals surface area contributed by atoms with Crippen molar-refractivity contribution in [3.05, 3.63) is 28.2 Å². The van der Waals surface area contributed by atoms with Crippen LogP contribution in [0, 0.1) is 0 Å². The van der Waals surface area contributed by atoms with E-state index in [9.17, 15) is 4.79 Å². The molecule has 1 aliphatic carbocycles. The van der Waals surface area contributed by atoms with Crippen LogP contribution in [0.2, 0.25) is 10.0 Å². The second-order valence-electron chi connectivity index (χ2n) is 4.82. The molecule has 4 N–H and O–H groups in total. The van der Waals surface area contributed by atoms with Gasteiger partial charge in [-0.25, -0.2) is 4.79 Å². The first-order valence-electron chi connectivity index (χ1n) is 6.50. The largest absolute Gasteiger partial charge is 0.409 e. The number of hydrogen-bond acceptors (Lipinski definition) is 3. The van der Waals surface area contributed by atoms with Gasteiger partial charge in [-0.2, -0.15) is 0 Å². The van der Waals surface area contributed by atoms with Crippen molar-refractivity contribution in [2.45, 2.75) is 25.3 Å². The fourth-order valence-electron chi connectivity index (χ4n) is 1.89. The molecule has 6 nitrogen and oxygen atoms in total. The zero-order chi connectivity index (χ0) is 15.4. The number of nitrogens with one attached hydrogen (secondary N) is 1. The lowest BCUT2D eigenvalue weighted by molar-refractivity contribution is 0.210. The maximum absolute atomic E-state index is 12.3. The zero-order valence-electron chi connectivity index (χ0n) is 11.2. The van der Waals surface area contributed by atoms with Crippen LogP contribution in [-0.4, -0.2) is 34.6 Å². The number of amidine groups is 1. The molecule has 0 saturated heterocycles. The van der Waals surface area contributed by atoms with Gasteiger partial charge in [0.1, 0.15) is 5.84 Å². The standard InChI is InChI=1S/C13H16Cl2N4O2/c14-10-4-1-8(7-11(10)15)17-13(20)19(9-2-3-9)6-5-12(16)18-21/h1,4,7,9,21H,2-3,5-6H2,(H2,16,18)(H,17,20). The number of rotatable bonds is 5. The number of anilines is 1. The topological polar surface area (TPSA) is 91.0 Å². The van der Waals surface area contributed by atoms with Gasteiger partial charge in [-0.05, 0) is 31.0 Å².